The van der Waals surface area contributed by atoms with Gasteiger partial charge in [-0.3, -0.25) is 9.59 Å². The van der Waals surface area contributed by atoms with Gasteiger partial charge in [-0.2, -0.15) is 0 Å². The van der Waals surface area contributed by atoms with Gasteiger partial charge in [-0.05, 0) is 56.2 Å². The van der Waals surface area contributed by atoms with Crippen LogP contribution in [0.3, 0.4) is 0 Å². The largest absolute Gasteiger partial charge is 0.462 e. The van der Waals surface area contributed by atoms with E-state index in [2.05, 4.69) is 5.32 Å². The first-order chi connectivity index (χ1) is 14.3. The zero-order valence-corrected chi connectivity index (χ0v) is 17.2. The molecule has 1 N–H and O–H groups in total. The standard InChI is InChI=1S/C22H26F2N2O4/c1-3-30-22(29)18(12-25-15-4-5-15)21(28)17-11-19(23)16(10-20(17)24)14-6-8-26(9-7-14)13(2)27/h10-12,14-15,25H,3-9H2,1-2H3/b18-12+. The minimum Gasteiger partial charge on any atom is -0.462 e. The summed E-state index contributed by atoms with van der Waals surface area (Å²) in [6.07, 6.45) is 4.10. The van der Waals surface area contributed by atoms with E-state index in [4.69, 9.17) is 4.74 Å². The molecular weight excluding hydrogens is 394 g/mol. The van der Waals surface area contributed by atoms with Crippen molar-refractivity contribution in [3.8, 4) is 0 Å². The van der Waals surface area contributed by atoms with Gasteiger partial charge in [-0.25, -0.2) is 13.6 Å². The number of rotatable bonds is 7. The fraction of sp³-hybridized carbons (Fsp3) is 0.500. The number of likely N-dealkylation sites (tertiary alicyclic amines) is 1. The second kappa shape index (κ2) is 9.36. The van der Waals surface area contributed by atoms with Crippen LogP contribution in [0.1, 0.15) is 61.4 Å². The number of nitrogens with one attached hydrogen (secondary N) is 1. The van der Waals surface area contributed by atoms with Crippen molar-refractivity contribution in [2.24, 2.45) is 0 Å². The van der Waals surface area contributed by atoms with Crippen LogP contribution in [-0.4, -0.2) is 48.3 Å². The summed E-state index contributed by atoms with van der Waals surface area (Å²) in [5.41, 5.74) is -0.677. The molecule has 8 heteroatoms. The summed E-state index contributed by atoms with van der Waals surface area (Å²) in [5.74, 6) is -3.66. The van der Waals surface area contributed by atoms with Crippen molar-refractivity contribution in [3.05, 3.63) is 46.7 Å². The molecule has 1 saturated heterocycles. The second-order valence-corrected chi connectivity index (χ2v) is 7.68. The van der Waals surface area contributed by atoms with E-state index in [0.29, 0.717) is 25.9 Å². The zero-order valence-electron chi connectivity index (χ0n) is 17.2. The molecule has 0 spiro atoms. The van der Waals surface area contributed by atoms with Crippen LogP contribution in [0.25, 0.3) is 0 Å². The Morgan fingerprint density at radius 2 is 1.80 bits per heavy atom. The van der Waals surface area contributed by atoms with E-state index in [9.17, 15) is 23.2 Å². The average Bonchev–Trinajstić information content (AvgIpc) is 3.54. The lowest BCUT2D eigenvalue weighted by atomic mass is 9.87. The Balaban J connectivity index is 1.82. The Labute approximate surface area is 174 Å². The SMILES string of the molecule is CCOC(=O)/C(=C/NC1CC1)C(=O)c1cc(F)c(C2CCN(C(C)=O)CC2)cc1F. The van der Waals surface area contributed by atoms with Gasteiger partial charge in [0.2, 0.25) is 11.7 Å². The number of carbonyl (C=O) groups is 3. The van der Waals surface area contributed by atoms with Crippen LogP contribution in [0, 0.1) is 11.6 Å². The first-order valence-corrected chi connectivity index (χ1v) is 10.2. The van der Waals surface area contributed by atoms with Crippen molar-refractivity contribution < 1.29 is 27.9 Å². The summed E-state index contributed by atoms with van der Waals surface area (Å²) >= 11 is 0. The number of Topliss-reactive ketones (excluding diaryl/α,β-unsaturated/α-hetero) is 1. The van der Waals surface area contributed by atoms with Gasteiger partial charge in [-0.1, -0.05) is 0 Å². The highest BCUT2D eigenvalue weighted by molar-refractivity contribution is 6.24. The molecule has 1 aromatic carbocycles. The van der Waals surface area contributed by atoms with Crippen LogP contribution in [0.2, 0.25) is 0 Å². The summed E-state index contributed by atoms with van der Waals surface area (Å²) in [7, 11) is 0. The van der Waals surface area contributed by atoms with E-state index in [-0.39, 0.29) is 35.6 Å². The lowest BCUT2D eigenvalue weighted by Gasteiger charge is -2.31. The Morgan fingerprint density at radius 1 is 1.13 bits per heavy atom. The normalized spacial score (nSPS) is 17.6. The van der Waals surface area contributed by atoms with Gasteiger partial charge < -0.3 is 15.0 Å². The Kier molecular flexibility index (Phi) is 6.84. The topological polar surface area (TPSA) is 75.7 Å². The van der Waals surface area contributed by atoms with Crippen LogP contribution in [0.15, 0.2) is 23.9 Å². The molecule has 1 heterocycles. The van der Waals surface area contributed by atoms with Crippen LogP contribution < -0.4 is 5.32 Å². The summed E-state index contributed by atoms with van der Waals surface area (Å²) < 4.78 is 34.5. The van der Waals surface area contributed by atoms with E-state index in [1.807, 2.05) is 0 Å². The van der Waals surface area contributed by atoms with Gasteiger partial charge in [-0.15, -0.1) is 0 Å². The minimum atomic E-state index is -0.920. The Bertz CT molecular complexity index is 872. The Morgan fingerprint density at radius 3 is 2.37 bits per heavy atom. The molecule has 1 aliphatic carbocycles. The molecule has 0 unspecified atom stereocenters. The smallest absolute Gasteiger partial charge is 0.343 e. The third-order valence-corrected chi connectivity index (χ3v) is 5.49. The van der Waals surface area contributed by atoms with Gasteiger partial charge in [0.25, 0.3) is 0 Å². The van der Waals surface area contributed by atoms with E-state index in [0.717, 1.165) is 25.0 Å². The number of hydrogen-bond donors (Lipinski definition) is 1. The maximum atomic E-state index is 14.8. The molecule has 1 amide bonds. The molecular formula is C22H26F2N2O4. The highest BCUT2D eigenvalue weighted by atomic mass is 19.1. The van der Waals surface area contributed by atoms with E-state index >= 15 is 0 Å². The number of carbonyl (C=O) groups excluding carboxylic acids is 3. The molecule has 1 aliphatic heterocycles. The first-order valence-electron chi connectivity index (χ1n) is 10.2. The number of benzene rings is 1. The number of hydrogen-bond acceptors (Lipinski definition) is 5. The molecule has 0 radical (unpaired) electrons. The molecule has 0 atom stereocenters. The van der Waals surface area contributed by atoms with Crippen LogP contribution in [0.5, 0.6) is 0 Å². The van der Waals surface area contributed by atoms with Gasteiger partial charge in [0, 0.05) is 32.3 Å². The van der Waals surface area contributed by atoms with Crippen LogP contribution >= 0.6 is 0 Å². The fourth-order valence-electron chi connectivity index (χ4n) is 3.58. The van der Waals surface area contributed by atoms with E-state index in [1.165, 1.54) is 13.1 Å². The number of esters is 1. The summed E-state index contributed by atoms with van der Waals surface area (Å²) in [4.78, 5) is 38.1. The van der Waals surface area contributed by atoms with Crippen LogP contribution in [-0.2, 0) is 14.3 Å². The molecule has 2 aliphatic rings. The number of ketones is 1. The highest BCUT2D eigenvalue weighted by Crippen LogP contribution is 2.32. The maximum absolute atomic E-state index is 14.8. The van der Waals surface area contributed by atoms with Gasteiger partial charge in [0.15, 0.2) is 0 Å². The van der Waals surface area contributed by atoms with Crippen molar-refractivity contribution in [2.45, 2.75) is 51.5 Å². The first kappa shape index (κ1) is 21.9. The predicted molar refractivity (Wildman–Crippen MR) is 106 cm³/mol. The quantitative estimate of drug-likeness (QED) is 0.241. The summed E-state index contributed by atoms with van der Waals surface area (Å²) in [6, 6.07) is 2.06. The molecule has 162 valence electrons. The highest BCUT2D eigenvalue weighted by Gasteiger charge is 2.29. The van der Waals surface area contributed by atoms with Crippen molar-refractivity contribution in [1.29, 1.82) is 0 Å². The van der Waals surface area contributed by atoms with Crippen molar-refractivity contribution in [2.75, 3.05) is 19.7 Å². The lowest BCUT2D eigenvalue weighted by Crippen LogP contribution is -2.36. The Hall–Kier alpha value is -2.77. The predicted octanol–water partition coefficient (Wildman–Crippen LogP) is 3.07. The van der Waals surface area contributed by atoms with E-state index in [1.54, 1.807) is 11.8 Å². The molecule has 3 rings (SSSR count). The third-order valence-electron chi connectivity index (χ3n) is 5.49. The summed E-state index contributed by atoms with van der Waals surface area (Å²) in [6.45, 7) is 4.09. The van der Waals surface area contributed by atoms with E-state index < -0.39 is 29.0 Å². The molecule has 1 aromatic rings. The molecule has 1 saturated carbocycles. The molecule has 30 heavy (non-hydrogen) atoms. The lowest BCUT2D eigenvalue weighted by molar-refractivity contribution is -0.138. The number of amides is 1. The molecule has 0 aromatic heterocycles. The van der Waals surface area contributed by atoms with Crippen molar-refractivity contribution >= 4 is 17.7 Å². The van der Waals surface area contributed by atoms with Gasteiger partial charge >= 0.3 is 5.97 Å². The average molecular weight is 420 g/mol. The maximum Gasteiger partial charge on any atom is 0.343 e. The third kappa shape index (κ3) is 5.04. The van der Waals surface area contributed by atoms with Crippen molar-refractivity contribution in [3.63, 3.8) is 0 Å². The van der Waals surface area contributed by atoms with Gasteiger partial charge in [0.1, 0.15) is 17.2 Å². The monoisotopic (exact) mass is 420 g/mol. The molecule has 2 fully saturated rings. The van der Waals surface area contributed by atoms with Gasteiger partial charge in [0.05, 0.1) is 12.2 Å². The number of halogens is 2. The van der Waals surface area contributed by atoms with Crippen LogP contribution in [0.4, 0.5) is 8.78 Å². The second-order valence-electron chi connectivity index (χ2n) is 7.68. The fourth-order valence-corrected chi connectivity index (χ4v) is 3.58. The number of ether oxygens (including phenoxy) is 1. The molecule has 0 bridgehead atoms. The molecule has 6 nitrogen and oxygen atoms in total. The number of nitrogens with zero attached hydrogens (tertiary/aromatic N) is 1. The summed E-state index contributed by atoms with van der Waals surface area (Å²) in [5, 5.41) is 2.92. The zero-order chi connectivity index (χ0) is 21.8. The van der Waals surface area contributed by atoms with Crippen molar-refractivity contribution in [1.82, 2.24) is 10.2 Å². The number of piperidine rings is 1. The minimum absolute atomic E-state index is 0.0425.